The fraction of sp³-hybridized carbons (Fsp3) is 0.400. The summed E-state index contributed by atoms with van der Waals surface area (Å²) >= 11 is 0. The first-order valence-corrected chi connectivity index (χ1v) is 9.21. The lowest BCUT2D eigenvalue weighted by molar-refractivity contribution is 0.0675. The molecule has 2 aromatic rings. The lowest BCUT2D eigenvalue weighted by Gasteiger charge is -2.34. The molecule has 0 saturated carbocycles. The van der Waals surface area contributed by atoms with Crippen molar-refractivity contribution in [2.45, 2.75) is 32.9 Å². The van der Waals surface area contributed by atoms with E-state index in [1.807, 2.05) is 18.4 Å². The highest BCUT2D eigenvalue weighted by atomic mass is 19.1. The molecule has 0 spiro atoms. The summed E-state index contributed by atoms with van der Waals surface area (Å²) in [6.45, 7) is 5.84. The first kappa shape index (κ1) is 17.6. The molecule has 142 valence electrons. The molecule has 0 saturated heterocycles. The molecule has 6 nitrogen and oxygen atoms in total. The topological polar surface area (TPSA) is 65.8 Å². The number of fused-ring (bicyclic) bond motifs is 3. The largest absolute Gasteiger partial charge is 0.505 e. The zero-order valence-electron chi connectivity index (χ0n) is 15.4. The number of likely N-dealkylation sites (N-methyl/N-ethyl adjacent to an activating group) is 1. The molecule has 4 rings (SSSR count). The van der Waals surface area contributed by atoms with Crippen LogP contribution in [0.3, 0.4) is 0 Å². The van der Waals surface area contributed by atoms with Crippen molar-refractivity contribution in [1.82, 2.24) is 14.4 Å². The van der Waals surface area contributed by atoms with Gasteiger partial charge in [-0.3, -0.25) is 9.59 Å². The Hall–Kier alpha value is -2.83. The average molecular weight is 371 g/mol. The SMILES string of the molecule is CCN1CC(C)n2c3c(c(O)c2C1=O)C(=O)N(Cc1ccc(F)cc1)CC3. The first-order chi connectivity index (χ1) is 12.9. The van der Waals surface area contributed by atoms with Crippen molar-refractivity contribution >= 4 is 11.8 Å². The molecule has 0 bridgehead atoms. The Bertz CT molecular complexity index is 920. The summed E-state index contributed by atoms with van der Waals surface area (Å²) in [6, 6.07) is 6.03. The van der Waals surface area contributed by atoms with E-state index in [0.717, 1.165) is 11.3 Å². The van der Waals surface area contributed by atoms with E-state index in [-0.39, 0.29) is 40.7 Å². The molecule has 7 heteroatoms. The third kappa shape index (κ3) is 2.69. The highest BCUT2D eigenvalue weighted by Crippen LogP contribution is 2.39. The van der Waals surface area contributed by atoms with Gasteiger partial charge in [-0.15, -0.1) is 0 Å². The minimum Gasteiger partial charge on any atom is -0.505 e. The molecule has 0 radical (unpaired) electrons. The van der Waals surface area contributed by atoms with Crippen LogP contribution in [0.1, 0.15) is 52.0 Å². The summed E-state index contributed by atoms with van der Waals surface area (Å²) in [5.41, 5.74) is 2.01. The van der Waals surface area contributed by atoms with E-state index in [1.165, 1.54) is 12.1 Å². The second-order valence-electron chi connectivity index (χ2n) is 7.18. The van der Waals surface area contributed by atoms with E-state index in [1.54, 1.807) is 21.9 Å². The monoisotopic (exact) mass is 371 g/mol. The van der Waals surface area contributed by atoms with E-state index in [9.17, 15) is 19.1 Å². The van der Waals surface area contributed by atoms with Crippen LogP contribution in [-0.2, 0) is 13.0 Å². The molecule has 1 aromatic heterocycles. The van der Waals surface area contributed by atoms with Crippen LogP contribution >= 0.6 is 0 Å². The Morgan fingerprint density at radius 3 is 2.52 bits per heavy atom. The minimum atomic E-state index is -0.322. The van der Waals surface area contributed by atoms with Crippen LogP contribution in [0, 0.1) is 5.82 Å². The molecule has 0 fully saturated rings. The van der Waals surface area contributed by atoms with Gasteiger partial charge in [-0.25, -0.2) is 4.39 Å². The highest BCUT2D eigenvalue weighted by Gasteiger charge is 2.40. The van der Waals surface area contributed by atoms with Crippen LogP contribution in [0.15, 0.2) is 24.3 Å². The summed E-state index contributed by atoms with van der Waals surface area (Å²) in [5.74, 6) is -1.06. The third-order valence-electron chi connectivity index (χ3n) is 5.48. The highest BCUT2D eigenvalue weighted by molar-refractivity contribution is 6.05. The summed E-state index contributed by atoms with van der Waals surface area (Å²) in [6.07, 6.45) is 0.569. The van der Waals surface area contributed by atoms with E-state index >= 15 is 0 Å². The predicted molar refractivity (Wildman–Crippen MR) is 97.2 cm³/mol. The number of benzene rings is 1. The van der Waals surface area contributed by atoms with Crippen LogP contribution in [0.2, 0.25) is 0 Å². The Morgan fingerprint density at radius 1 is 1.15 bits per heavy atom. The van der Waals surface area contributed by atoms with Gasteiger partial charge in [0.25, 0.3) is 11.8 Å². The fourth-order valence-electron chi connectivity index (χ4n) is 4.15. The molecular formula is C20H22FN3O3. The minimum absolute atomic E-state index is 0.00347. The Morgan fingerprint density at radius 2 is 1.85 bits per heavy atom. The number of hydrogen-bond donors (Lipinski definition) is 1. The maximum absolute atomic E-state index is 13.1. The lowest BCUT2D eigenvalue weighted by Crippen LogP contribution is -2.43. The number of halogens is 1. The summed E-state index contributed by atoms with van der Waals surface area (Å²) < 4.78 is 14.9. The van der Waals surface area contributed by atoms with Crippen molar-refractivity contribution < 1.29 is 19.1 Å². The maximum Gasteiger partial charge on any atom is 0.274 e. The molecule has 1 N–H and O–H groups in total. The van der Waals surface area contributed by atoms with Gasteiger partial charge < -0.3 is 19.5 Å². The van der Waals surface area contributed by atoms with Gasteiger partial charge in [-0.1, -0.05) is 12.1 Å². The molecule has 3 heterocycles. The fourth-order valence-corrected chi connectivity index (χ4v) is 4.15. The predicted octanol–water partition coefficient (Wildman–Crippen LogP) is 2.57. The number of rotatable bonds is 3. The van der Waals surface area contributed by atoms with E-state index in [4.69, 9.17) is 0 Å². The van der Waals surface area contributed by atoms with Gasteiger partial charge in [0.1, 0.15) is 11.4 Å². The van der Waals surface area contributed by atoms with Gasteiger partial charge in [0.2, 0.25) is 0 Å². The molecule has 2 amide bonds. The molecule has 0 aliphatic carbocycles. The first-order valence-electron chi connectivity index (χ1n) is 9.21. The van der Waals surface area contributed by atoms with E-state index in [2.05, 4.69) is 0 Å². The van der Waals surface area contributed by atoms with Crippen molar-refractivity contribution in [1.29, 1.82) is 0 Å². The lowest BCUT2D eigenvalue weighted by atomic mass is 10.0. The summed E-state index contributed by atoms with van der Waals surface area (Å²) in [5, 5.41) is 10.7. The Balaban J connectivity index is 1.70. The van der Waals surface area contributed by atoms with Crippen LogP contribution in [-0.4, -0.2) is 50.9 Å². The normalized spacial score (nSPS) is 19.3. The zero-order chi connectivity index (χ0) is 19.3. The molecule has 1 atom stereocenters. The number of carbonyl (C=O) groups is 2. The number of hydrogen-bond acceptors (Lipinski definition) is 3. The quantitative estimate of drug-likeness (QED) is 0.902. The van der Waals surface area contributed by atoms with Crippen LogP contribution in [0.25, 0.3) is 0 Å². The Kier molecular flexibility index (Phi) is 4.17. The number of aromatic nitrogens is 1. The number of carbonyl (C=O) groups excluding carboxylic acids is 2. The van der Waals surface area contributed by atoms with Crippen molar-refractivity contribution in [2.75, 3.05) is 19.6 Å². The van der Waals surface area contributed by atoms with Crippen molar-refractivity contribution in [2.24, 2.45) is 0 Å². The smallest absolute Gasteiger partial charge is 0.274 e. The molecule has 2 aliphatic rings. The zero-order valence-corrected chi connectivity index (χ0v) is 15.4. The van der Waals surface area contributed by atoms with Crippen LogP contribution in [0.4, 0.5) is 4.39 Å². The van der Waals surface area contributed by atoms with Gasteiger partial charge in [0, 0.05) is 44.3 Å². The molecule has 1 aromatic carbocycles. The maximum atomic E-state index is 13.1. The van der Waals surface area contributed by atoms with Crippen molar-refractivity contribution in [3.63, 3.8) is 0 Å². The second kappa shape index (κ2) is 6.40. The second-order valence-corrected chi connectivity index (χ2v) is 7.18. The average Bonchev–Trinajstić information content (AvgIpc) is 2.96. The van der Waals surface area contributed by atoms with Crippen LogP contribution in [0.5, 0.6) is 5.75 Å². The number of nitrogens with zero attached hydrogens (tertiary/aromatic N) is 3. The van der Waals surface area contributed by atoms with E-state index < -0.39 is 0 Å². The van der Waals surface area contributed by atoms with Gasteiger partial charge in [0.05, 0.1) is 0 Å². The molecular weight excluding hydrogens is 349 g/mol. The number of aromatic hydroxyl groups is 1. The van der Waals surface area contributed by atoms with Gasteiger partial charge in [-0.05, 0) is 31.5 Å². The standard InChI is InChI=1S/C20H22FN3O3/c1-3-22-10-12(2)24-15-8-9-23(11-13-4-6-14(21)7-5-13)19(26)16(15)18(25)17(24)20(22)27/h4-7,12,25H,3,8-11H2,1-2H3. The molecule has 27 heavy (non-hydrogen) atoms. The van der Waals surface area contributed by atoms with Gasteiger partial charge in [-0.2, -0.15) is 0 Å². The van der Waals surface area contributed by atoms with Crippen LogP contribution < -0.4 is 0 Å². The summed E-state index contributed by atoms with van der Waals surface area (Å²) in [7, 11) is 0. The molecule has 2 aliphatic heterocycles. The molecule has 1 unspecified atom stereocenters. The summed E-state index contributed by atoms with van der Waals surface area (Å²) in [4.78, 5) is 29.1. The number of amides is 2. The van der Waals surface area contributed by atoms with E-state index in [0.29, 0.717) is 32.6 Å². The van der Waals surface area contributed by atoms with Crippen molar-refractivity contribution in [3.8, 4) is 5.75 Å². The van der Waals surface area contributed by atoms with Gasteiger partial charge >= 0.3 is 0 Å². The van der Waals surface area contributed by atoms with Gasteiger partial charge in [0.15, 0.2) is 11.4 Å². The van der Waals surface area contributed by atoms with Crippen molar-refractivity contribution in [3.05, 3.63) is 52.6 Å². The third-order valence-corrected chi connectivity index (χ3v) is 5.48. The Labute approximate surface area is 156 Å².